The monoisotopic (exact) mass is 330 g/mol. The van der Waals surface area contributed by atoms with Gasteiger partial charge in [-0.25, -0.2) is 9.37 Å². The summed E-state index contributed by atoms with van der Waals surface area (Å²) in [6, 6.07) is 11.1. The van der Waals surface area contributed by atoms with E-state index in [2.05, 4.69) is 4.98 Å². The van der Waals surface area contributed by atoms with Crippen molar-refractivity contribution in [1.29, 1.82) is 0 Å². The number of carbonyl (C=O) groups excluding carboxylic acids is 1. The number of amides is 1. The van der Waals surface area contributed by atoms with Gasteiger partial charge in [-0.15, -0.1) is 0 Å². The number of oxazole rings is 1. The minimum Gasteiger partial charge on any atom is -0.440 e. The van der Waals surface area contributed by atoms with Crippen molar-refractivity contribution in [3.05, 3.63) is 59.2 Å². The van der Waals surface area contributed by atoms with Crippen LogP contribution < -0.4 is 4.90 Å². The van der Waals surface area contributed by atoms with Crippen molar-refractivity contribution in [2.24, 2.45) is 0 Å². The molecule has 0 radical (unpaired) electrons. The van der Waals surface area contributed by atoms with Crippen LogP contribution in [-0.2, 0) is 4.79 Å². The summed E-state index contributed by atoms with van der Waals surface area (Å²) in [5, 5.41) is 0.591. The van der Waals surface area contributed by atoms with Gasteiger partial charge in [0.1, 0.15) is 11.3 Å². The van der Waals surface area contributed by atoms with Crippen molar-refractivity contribution >= 4 is 34.3 Å². The molecular weight excluding hydrogens is 319 g/mol. The minimum atomic E-state index is -0.326. The molecule has 0 saturated carbocycles. The number of hydrogen-bond acceptors (Lipinski definition) is 3. The molecule has 1 saturated heterocycles. The number of halogens is 2. The summed E-state index contributed by atoms with van der Waals surface area (Å²) in [4.78, 5) is 18.3. The van der Waals surface area contributed by atoms with Crippen LogP contribution in [0.5, 0.6) is 0 Å². The molecule has 0 N–H and O–H groups in total. The van der Waals surface area contributed by atoms with E-state index in [-0.39, 0.29) is 17.6 Å². The standard InChI is InChI=1S/C17H12ClFN2O2/c18-11-1-6-15-14(8-11)20-17(23-15)10-7-16(22)21(9-10)13-4-2-12(19)3-5-13/h1-6,8,10H,7,9H2. The van der Waals surface area contributed by atoms with Gasteiger partial charge in [-0.3, -0.25) is 4.79 Å². The van der Waals surface area contributed by atoms with Crippen LogP contribution >= 0.6 is 11.6 Å². The highest BCUT2D eigenvalue weighted by Gasteiger charge is 2.34. The second kappa shape index (κ2) is 5.35. The molecule has 1 unspecified atom stereocenters. The molecule has 1 aromatic heterocycles. The topological polar surface area (TPSA) is 46.3 Å². The molecule has 0 bridgehead atoms. The van der Waals surface area contributed by atoms with Gasteiger partial charge in [0.2, 0.25) is 11.8 Å². The summed E-state index contributed by atoms with van der Waals surface area (Å²) in [5.41, 5.74) is 2.01. The zero-order valence-corrected chi connectivity index (χ0v) is 12.8. The third kappa shape index (κ3) is 2.57. The Morgan fingerprint density at radius 3 is 2.78 bits per heavy atom. The molecule has 2 heterocycles. The second-order valence-electron chi connectivity index (χ2n) is 5.55. The highest BCUT2D eigenvalue weighted by molar-refractivity contribution is 6.31. The van der Waals surface area contributed by atoms with Gasteiger partial charge in [-0.05, 0) is 42.5 Å². The average molecular weight is 331 g/mol. The molecule has 4 nitrogen and oxygen atoms in total. The summed E-state index contributed by atoms with van der Waals surface area (Å²) < 4.78 is 18.8. The molecule has 0 aliphatic carbocycles. The van der Waals surface area contributed by atoms with E-state index in [0.717, 1.165) is 0 Å². The first-order valence-corrected chi connectivity index (χ1v) is 7.60. The second-order valence-corrected chi connectivity index (χ2v) is 5.98. The number of fused-ring (bicyclic) bond motifs is 1. The molecule has 1 amide bonds. The van der Waals surface area contributed by atoms with Crippen molar-refractivity contribution in [3.63, 3.8) is 0 Å². The summed E-state index contributed by atoms with van der Waals surface area (Å²) >= 11 is 5.95. The lowest BCUT2D eigenvalue weighted by atomic mass is 10.1. The number of benzene rings is 2. The van der Waals surface area contributed by atoms with Gasteiger partial charge in [-0.2, -0.15) is 0 Å². The van der Waals surface area contributed by atoms with Crippen molar-refractivity contribution < 1.29 is 13.6 Å². The van der Waals surface area contributed by atoms with E-state index in [1.807, 2.05) is 0 Å². The van der Waals surface area contributed by atoms with Crippen LogP contribution in [0.2, 0.25) is 5.02 Å². The Morgan fingerprint density at radius 1 is 1.22 bits per heavy atom. The van der Waals surface area contributed by atoms with Gasteiger partial charge in [0.05, 0.1) is 5.92 Å². The molecular formula is C17H12ClFN2O2. The Morgan fingerprint density at radius 2 is 2.00 bits per heavy atom. The Hall–Kier alpha value is -2.40. The molecule has 23 heavy (non-hydrogen) atoms. The van der Waals surface area contributed by atoms with Crippen molar-refractivity contribution in [3.8, 4) is 0 Å². The third-order valence-electron chi connectivity index (χ3n) is 3.98. The quantitative estimate of drug-likeness (QED) is 0.709. The highest BCUT2D eigenvalue weighted by atomic mass is 35.5. The summed E-state index contributed by atoms with van der Waals surface area (Å²) in [5.74, 6) is 0.0497. The molecule has 1 aliphatic heterocycles. The molecule has 2 aromatic carbocycles. The zero-order valence-electron chi connectivity index (χ0n) is 12.0. The smallest absolute Gasteiger partial charge is 0.227 e. The fourth-order valence-corrected chi connectivity index (χ4v) is 3.00. The maximum Gasteiger partial charge on any atom is 0.227 e. The first kappa shape index (κ1) is 14.2. The van der Waals surface area contributed by atoms with Crippen molar-refractivity contribution in [2.75, 3.05) is 11.4 Å². The van der Waals surface area contributed by atoms with Crippen LogP contribution in [0.15, 0.2) is 46.9 Å². The maximum atomic E-state index is 13.0. The SMILES string of the molecule is O=C1CC(c2nc3cc(Cl)ccc3o2)CN1c1ccc(F)cc1. The number of nitrogens with zero attached hydrogens (tertiary/aromatic N) is 2. The number of carbonyl (C=O) groups is 1. The molecule has 1 atom stereocenters. The molecule has 3 aromatic rings. The number of anilines is 1. The lowest BCUT2D eigenvalue weighted by Crippen LogP contribution is -2.24. The summed E-state index contributed by atoms with van der Waals surface area (Å²) in [6.07, 6.45) is 0.317. The van der Waals surface area contributed by atoms with Gasteiger partial charge in [0, 0.05) is 23.7 Å². The van der Waals surface area contributed by atoms with E-state index >= 15 is 0 Å². The van der Waals surface area contributed by atoms with E-state index in [4.69, 9.17) is 16.0 Å². The molecule has 116 valence electrons. The van der Waals surface area contributed by atoms with Gasteiger partial charge < -0.3 is 9.32 Å². The highest BCUT2D eigenvalue weighted by Crippen LogP contribution is 2.33. The minimum absolute atomic E-state index is 0.0260. The van der Waals surface area contributed by atoms with Crippen LogP contribution in [0, 0.1) is 5.82 Å². The Bertz CT molecular complexity index is 891. The fourth-order valence-electron chi connectivity index (χ4n) is 2.84. The largest absolute Gasteiger partial charge is 0.440 e. The van der Waals surface area contributed by atoms with Crippen LogP contribution in [0.1, 0.15) is 18.2 Å². The number of rotatable bonds is 2. The molecule has 1 aliphatic rings. The van der Waals surface area contributed by atoms with Crippen LogP contribution in [0.4, 0.5) is 10.1 Å². The first-order valence-electron chi connectivity index (χ1n) is 7.22. The predicted molar refractivity (Wildman–Crippen MR) is 85.1 cm³/mol. The number of hydrogen-bond donors (Lipinski definition) is 0. The molecule has 6 heteroatoms. The van der Waals surface area contributed by atoms with Crippen LogP contribution in [-0.4, -0.2) is 17.4 Å². The molecule has 0 spiro atoms. The van der Waals surface area contributed by atoms with E-state index in [0.29, 0.717) is 40.7 Å². The van der Waals surface area contributed by atoms with E-state index in [9.17, 15) is 9.18 Å². The van der Waals surface area contributed by atoms with E-state index < -0.39 is 0 Å². The zero-order chi connectivity index (χ0) is 16.0. The predicted octanol–water partition coefficient (Wildman–Crippen LogP) is 4.14. The van der Waals surface area contributed by atoms with Gasteiger partial charge in [-0.1, -0.05) is 11.6 Å². The Labute approximate surface area is 136 Å². The third-order valence-corrected chi connectivity index (χ3v) is 4.21. The fraction of sp³-hybridized carbons (Fsp3) is 0.176. The normalized spacial score (nSPS) is 18.1. The van der Waals surface area contributed by atoms with Gasteiger partial charge >= 0.3 is 0 Å². The first-order chi connectivity index (χ1) is 11.1. The van der Waals surface area contributed by atoms with Crippen molar-refractivity contribution in [1.82, 2.24) is 4.98 Å². The van der Waals surface area contributed by atoms with E-state index in [1.54, 1.807) is 35.2 Å². The molecule has 1 fully saturated rings. The summed E-state index contributed by atoms with van der Waals surface area (Å²) in [7, 11) is 0. The van der Waals surface area contributed by atoms with Gasteiger partial charge in [0.15, 0.2) is 5.58 Å². The maximum absolute atomic E-state index is 13.0. The lowest BCUT2D eigenvalue weighted by molar-refractivity contribution is -0.117. The van der Waals surface area contributed by atoms with E-state index in [1.165, 1.54) is 12.1 Å². The lowest BCUT2D eigenvalue weighted by Gasteiger charge is -2.15. The molecule has 4 rings (SSSR count). The van der Waals surface area contributed by atoms with Crippen molar-refractivity contribution in [2.45, 2.75) is 12.3 Å². The number of aromatic nitrogens is 1. The van der Waals surface area contributed by atoms with Gasteiger partial charge in [0.25, 0.3) is 0 Å². The summed E-state index contributed by atoms with van der Waals surface area (Å²) in [6.45, 7) is 0.463. The Kier molecular flexibility index (Phi) is 3.31. The Balaban J connectivity index is 1.62. The van der Waals surface area contributed by atoms with Crippen LogP contribution in [0.3, 0.4) is 0 Å². The van der Waals surface area contributed by atoms with Crippen LogP contribution in [0.25, 0.3) is 11.1 Å². The average Bonchev–Trinajstić information content (AvgIpc) is 3.11.